The van der Waals surface area contributed by atoms with E-state index in [1.807, 2.05) is 35.2 Å². The van der Waals surface area contributed by atoms with Gasteiger partial charge in [0.05, 0.1) is 25.3 Å². The Morgan fingerprint density at radius 1 is 1.18 bits per heavy atom. The molecular weight excluding hydrogens is 376 g/mol. The summed E-state index contributed by atoms with van der Waals surface area (Å²) in [5, 5.41) is 12.6. The first kappa shape index (κ1) is 20.0. The van der Waals surface area contributed by atoms with E-state index in [2.05, 4.69) is 16.3 Å². The summed E-state index contributed by atoms with van der Waals surface area (Å²) in [4.78, 5) is 16.6. The molecule has 0 aliphatic carbocycles. The Labute approximate surface area is 170 Å². The zero-order chi connectivity index (χ0) is 19.9. The van der Waals surface area contributed by atoms with Gasteiger partial charge >= 0.3 is 0 Å². The molecule has 7 heteroatoms. The average Bonchev–Trinajstić information content (AvgIpc) is 2.73. The van der Waals surface area contributed by atoms with E-state index < -0.39 is 0 Å². The molecule has 0 atom stereocenters. The van der Waals surface area contributed by atoms with E-state index in [1.54, 1.807) is 19.2 Å². The van der Waals surface area contributed by atoms with Gasteiger partial charge in [-0.15, -0.1) is 0 Å². The quantitative estimate of drug-likeness (QED) is 0.810. The van der Waals surface area contributed by atoms with Crippen LogP contribution >= 0.6 is 11.6 Å². The molecule has 1 aliphatic heterocycles. The molecule has 0 unspecified atom stereocenters. The predicted molar refractivity (Wildman–Crippen MR) is 110 cm³/mol. The lowest BCUT2D eigenvalue weighted by atomic mass is 10.1. The van der Waals surface area contributed by atoms with Gasteiger partial charge in [0.1, 0.15) is 5.75 Å². The first-order valence-electron chi connectivity index (χ1n) is 9.15. The number of halogens is 1. The van der Waals surface area contributed by atoms with Gasteiger partial charge in [-0.05, 0) is 42.5 Å². The highest BCUT2D eigenvalue weighted by molar-refractivity contribution is 6.30. The van der Waals surface area contributed by atoms with Crippen LogP contribution in [0.15, 0.2) is 42.5 Å². The number of hydrogen-bond donors (Lipinski definition) is 1. The highest BCUT2D eigenvalue weighted by Gasteiger charge is 2.21. The van der Waals surface area contributed by atoms with Crippen molar-refractivity contribution in [1.29, 1.82) is 5.26 Å². The lowest BCUT2D eigenvalue weighted by Crippen LogP contribution is -2.49. The first-order chi connectivity index (χ1) is 13.6. The zero-order valence-electron chi connectivity index (χ0n) is 15.8. The summed E-state index contributed by atoms with van der Waals surface area (Å²) in [6.07, 6.45) is 0. The maximum absolute atomic E-state index is 12.5. The zero-order valence-corrected chi connectivity index (χ0v) is 16.6. The summed E-state index contributed by atoms with van der Waals surface area (Å²) in [7, 11) is 1.66. The Bertz CT molecular complexity index is 856. The summed E-state index contributed by atoms with van der Waals surface area (Å²) in [5.41, 5.74) is 2.49. The summed E-state index contributed by atoms with van der Waals surface area (Å²) >= 11 is 6.11. The average molecular weight is 399 g/mol. The fourth-order valence-electron chi connectivity index (χ4n) is 3.22. The summed E-state index contributed by atoms with van der Waals surface area (Å²) in [5.74, 6) is 0.902. The summed E-state index contributed by atoms with van der Waals surface area (Å²) in [6.45, 7) is 3.98. The van der Waals surface area contributed by atoms with Gasteiger partial charge in [0.2, 0.25) is 5.91 Å². The van der Waals surface area contributed by atoms with Gasteiger partial charge in [-0.3, -0.25) is 9.69 Å². The molecular formula is C21H23ClN4O2. The van der Waals surface area contributed by atoms with Crippen molar-refractivity contribution in [2.24, 2.45) is 0 Å². The largest absolute Gasteiger partial charge is 0.496 e. The highest BCUT2D eigenvalue weighted by atomic mass is 35.5. The molecule has 0 saturated carbocycles. The standard InChI is InChI=1S/C21H23ClN4O2/c1-28-20-7-4-18(22)12-17(20)15-25-8-10-26(11-9-25)21(27)14-24-19-5-2-16(13-23)3-6-19/h2-7,12,24H,8-11,14-15H2,1H3. The number of amides is 1. The Hall–Kier alpha value is -2.75. The number of methoxy groups -OCH3 is 1. The van der Waals surface area contributed by atoms with Gasteiger partial charge in [0.15, 0.2) is 0 Å². The molecule has 28 heavy (non-hydrogen) atoms. The van der Waals surface area contributed by atoms with Gasteiger partial charge in [0, 0.05) is 49.0 Å². The topological polar surface area (TPSA) is 68.6 Å². The van der Waals surface area contributed by atoms with E-state index in [0.29, 0.717) is 23.7 Å². The molecule has 2 aromatic rings. The summed E-state index contributed by atoms with van der Waals surface area (Å²) in [6, 6.07) is 14.8. The SMILES string of the molecule is COc1ccc(Cl)cc1CN1CCN(C(=O)CNc2ccc(C#N)cc2)CC1. The van der Waals surface area contributed by atoms with Crippen molar-refractivity contribution in [1.82, 2.24) is 9.80 Å². The molecule has 1 saturated heterocycles. The molecule has 1 N–H and O–H groups in total. The first-order valence-corrected chi connectivity index (χ1v) is 9.53. The normalized spacial score (nSPS) is 14.4. The van der Waals surface area contributed by atoms with Crippen molar-refractivity contribution in [3.8, 4) is 11.8 Å². The van der Waals surface area contributed by atoms with E-state index in [0.717, 1.165) is 36.6 Å². The van der Waals surface area contributed by atoms with Gasteiger partial charge in [-0.25, -0.2) is 0 Å². The van der Waals surface area contributed by atoms with Gasteiger partial charge in [-0.1, -0.05) is 11.6 Å². The number of nitriles is 1. The second kappa shape index (κ2) is 9.45. The third-order valence-electron chi connectivity index (χ3n) is 4.82. The Kier molecular flexibility index (Phi) is 6.75. The van der Waals surface area contributed by atoms with Crippen LogP contribution in [0.2, 0.25) is 5.02 Å². The Morgan fingerprint density at radius 2 is 1.89 bits per heavy atom. The second-order valence-electron chi connectivity index (χ2n) is 6.66. The van der Waals surface area contributed by atoms with Crippen molar-refractivity contribution in [3.63, 3.8) is 0 Å². The fourth-order valence-corrected chi connectivity index (χ4v) is 3.41. The molecule has 1 aliphatic rings. The van der Waals surface area contributed by atoms with Crippen LogP contribution in [0.4, 0.5) is 5.69 Å². The second-order valence-corrected chi connectivity index (χ2v) is 7.09. The van der Waals surface area contributed by atoms with Crippen LogP contribution in [-0.4, -0.2) is 55.5 Å². The number of rotatable bonds is 6. The summed E-state index contributed by atoms with van der Waals surface area (Å²) < 4.78 is 5.41. The van der Waals surface area contributed by atoms with Crippen molar-refractivity contribution in [2.75, 3.05) is 45.2 Å². The molecule has 0 spiro atoms. The third kappa shape index (κ3) is 5.16. The number of benzene rings is 2. The number of ether oxygens (including phenoxy) is 1. The van der Waals surface area contributed by atoms with Gasteiger partial charge in [0.25, 0.3) is 0 Å². The minimum absolute atomic E-state index is 0.0735. The molecule has 3 rings (SSSR count). The number of nitrogens with one attached hydrogen (secondary N) is 1. The number of piperazine rings is 1. The van der Waals surface area contributed by atoms with Gasteiger partial charge < -0.3 is 15.0 Å². The molecule has 0 aromatic heterocycles. The maximum Gasteiger partial charge on any atom is 0.241 e. The molecule has 1 heterocycles. The fraction of sp³-hybridized carbons (Fsp3) is 0.333. The van der Waals surface area contributed by atoms with Crippen LogP contribution < -0.4 is 10.1 Å². The predicted octanol–water partition coefficient (Wildman–Crippen LogP) is 2.98. The lowest BCUT2D eigenvalue weighted by Gasteiger charge is -2.35. The van der Waals surface area contributed by atoms with Crippen molar-refractivity contribution in [2.45, 2.75) is 6.54 Å². The van der Waals surface area contributed by atoms with Crippen LogP contribution in [0.3, 0.4) is 0 Å². The van der Waals surface area contributed by atoms with Gasteiger partial charge in [-0.2, -0.15) is 5.26 Å². The minimum Gasteiger partial charge on any atom is -0.496 e. The van der Waals surface area contributed by atoms with Crippen LogP contribution in [-0.2, 0) is 11.3 Å². The van der Waals surface area contributed by atoms with Crippen molar-refractivity contribution >= 4 is 23.2 Å². The monoisotopic (exact) mass is 398 g/mol. The molecule has 2 aromatic carbocycles. The minimum atomic E-state index is 0.0735. The number of nitrogens with zero attached hydrogens (tertiary/aromatic N) is 3. The van der Waals surface area contributed by atoms with Crippen LogP contribution in [0.1, 0.15) is 11.1 Å². The van der Waals surface area contributed by atoms with E-state index in [9.17, 15) is 4.79 Å². The smallest absolute Gasteiger partial charge is 0.241 e. The van der Waals surface area contributed by atoms with Crippen LogP contribution in [0.25, 0.3) is 0 Å². The number of hydrogen-bond acceptors (Lipinski definition) is 5. The van der Waals surface area contributed by atoms with E-state index in [4.69, 9.17) is 21.6 Å². The lowest BCUT2D eigenvalue weighted by molar-refractivity contribution is -0.131. The molecule has 0 radical (unpaired) electrons. The highest BCUT2D eigenvalue weighted by Crippen LogP contribution is 2.24. The van der Waals surface area contributed by atoms with E-state index in [1.165, 1.54) is 0 Å². The number of carbonyl (C=O) groups is 1. The van der Waals surface area contributed by atoms with Crippen LogP contribution in [0.5, 0.6) is 5.75 Å². The number of anilines is 1. The van der Waals surface area contributed by atoms with Crippen LogP contribution in [0, 0.1) is 11.3 Å². The molecule has 0 bridgehead atoms. The third-order valence-corrected chi connectivity index (χ3v) is 5.05. The number of carbonyl (C=O) groups excluding carboxylic acids is 1. The molecule has 1 fully saturated rings. The van der Waals surface area contributed by atoms with E-state index in [-0.39, 0.29) is 12.5 Å². The van der Waals surface area contributed by atoms with Crippen molar-refractivity contribution < 1.29 is 9.53 Å². The molecule has 1 amide bonds. The van der Waals surface area contributed by atoms with E-state index >= 15 is 0 Å². The Morgan fingerprint density at radius 3 is 2.54 bits per heavy atom. The Balaban J connectivity index is 1.47. The maximum atomic E-state index is 12.5. The molecule has 6 nitrogen and oxygen atoms in total. The van der Waals surface area contributed by atoms with Crippen molar-refractivity contribution in [3.05, 3.63) is 58.6 Å². The molecule has 146 valence electrons.